The molecule has 1 aliphatic rings. The fraction of sp³-hybridized carbons (Fsp3) is 0.533. The SMILES string of the molecule is CC(COCCOc1ccccc1)(NC1CC1)C(=O)O. The molecule has 1 aliphatic carbocycles. The first-order valence-electron chi connectivity index (χ1n) is 6.87. The molecule has 0 saturated heterocycles. The number of carboxylic acid groups (broad SMARTS) is 1. The summed E-state index contributed by atoms with van der Waals surface area (Å²) in [6.45, 7) is 2.57. The number of hydrogen-bond acceptors (Lipinski definition) is 4. The molecule has 2 rings (SSSR count). The van der Waals surface area contributed by atoms with Gasteiger partial charge in [0, 0.05) is 6.04 Å². The fourth-order valence-electron chi connectivity index (χ4n) is 1.85. The van der Waals surface area contributed by atoms with Crippen LogP contribution in [-0.2, 0) is 9.53 Å². The molecule has 1 unspecified atom stereocenters. The Balaban J connectivity index is 1.67. The highest BCUT2D eigenvalue weighted by Gasteiger charge is 2.38. The Morgan fingerprint density at radius 3 is 2.65 bits per heavy atom. The summed E-state index contributed by atoms with van der Waals surface area (Å²) in [5.74, 6) is -0.0958. The summed E-state index contributed by atoms with van der Waals surface area (Å²) < 4.78 is 10.9. The molecule has 0 radical (unpaired) electrons. The van der Waals surface area contributed by atoms with E-state index in [4.69, 9.17) is 9.47 Å². The topological polar surface area (TPSA) is 67.8 Å². The number of aliphatic carboxylic acids is 1. The van der Waals surface area contributed by atoms with E-state index in [1.54, 1.807) is 6.92 Å². The van der Waals surface area contributed by atoms with Crippen LogP contribution >= 0.6 is 0 Å². The van der Waals surface area contributed by atoms with Crippen LogP contribution in [0.3, 0.4) is 0 Å². The van der Waals surface area contributed by atoms with Gasteiger partial charge in [-0.25, -0.2) is 0 Å². The van der Waals surface area contributed by atoms with E-state index in [1.165, 1.54) is 0 Å². The molecular formula is C15H21NO4. The molecular weight excluding hydrogens is 258 g/mol. The average molecular weight is 279 g/mol. The molecule has 2 N–H and O–H groups in total. The van der Waals surface area contributed by atoms with E-state index in [1.807, 2.05) is 30.3 Å². The number of hydrogen-bond donors (Lipinski definition) is 2. The van der Waals surface area contributed by atoms with Crippen molar-refractivity contribution in [3.63, 3.8) is 0 Å². The van der Waals surface area contributed by atoms with Crippen LogP contribution in [0.4, 0.5) is 0 Å². The zero-order valence-corrected chi connectivity index (χ0v) is 11.7. The molecule has 0 aromatic heterocycles. The summed E-state index contributed by atoms with van der Waals surface area (Å²) in [5, 5.41) is 12.4. The summed E-state index contributed by atoms with van der Waals surface area (Å²) >= 11 is 0. The van der Waals surface area contributed by atoms with Gasteiger partial charge in [-0.2, -0.15) is 0 Å². The number of carboxylic acids is 1. The van der Waals surface area contributed by atoms with Gasteiger partial charge in [-0.1, -0.05) is 18.2 Å². The van der Waals surface area contributed by atoms with Crippen molar-refractivity contribution < 1.29 is 19.4 Å². The van der Waals surface area contributed by atoms with Crippen LogP contribution in [0.2, 0.25) is 0 Å². The molecule has 1 aromatic rings. The first-order valence-corrected chi connectivity index (χ1v) is 6.87. The highest BCUT2D eigenvalue weighted by Crippen LogP contribution is 2.22. The number of ether oxygens (including phenoxy) is 2. The molecule has 1 saturated carbocycles. The normalized spacial score (nSPS) is 17.4. The summed E-state index contributed by atoms with van der Waals surface area (Å²) in [6.07, 6.45) is 2.08. The lowest BCUT2D eigenvalue weighted by Crippen LogP contribution is -2.54. The van der Waals surface area contributed by atoms with E-state index in [2.05, 4.69) is 5.32 Å². The van der Waals surface area contributed by atoms with E-state index >= 15 is 0 Å². The van der Waals surface area contributed by atoms with Crippen molar-refractivity contribution in [1.29, 1.82) is 0 Å². The third-order valence-electron chi connectivity index (χ3n) is 3.20. The predicted octanol–water partition coefficient (Wildman–Crippen LogP) is 1.68. The zero-order chi connectivity index (χ0) is 14.4. The van der Waals surface area contributed by atoms with Gasteiger partial charge in [-0.15, -0.1) is 0 Å². The number of carbonyl (C=O) groups is 1. The Labute approximate surface area is 118 Å². The fourth-order valence-corrected chi connectivity index (χ4v) is 1.85. The highest BCUT2D eigenvalue weighted by molar-refractivity contribution is 5.78. The van der Waals surface area contributed by atoms with Gasteiger partial charge in [0.1, 0.15) is 17.9 Å². The average Bonchev–Trinajstić information content (AvgIpc) is 3.23. The summed E-state index contributed by atoms with van der Waals surface area (Å²) in [7, 11) is 0. The van der Waals surface area contributed by atoms with Crippen LogP contribution in [0.5, 0.6) is 5.75 Å². The molecule has 5 nitrogen and oxygen atoms in total. The van der Waals surface area contributed by atoms with Crippen LogP contribution in [-0.4, -0.2) is 42.5 Å². The quantitative estimate of drug-likeness (QED) is 0.673. The Morgan fingerprint density at radius 2 is 2.05 bits per heavy atom. The minimum absolute atomic E-state index is 0.136. The minimum Gasteiger partial charge on any atom is -0.491 e. The van der Waals surface area contributed by atoms with Gasteiger partial charge in [0.05, 0.1) is 13.2 Å². The second kappa shape index (κ2) is 6.72. The molecule has 0 amide bonds. The molecule has 0 aliphatic heterocycles. The van der Waals surface area contributed by atoms with Crippen molar-refractivity contribution in [2.75, 3.05) is 19.8 Å². The lowest BCUT2D eigenvalue weighted by atomic mass is 10.0. The zero-order valence-electron chi connectivity index (χ0n) is 11.7. The van der Waals surface area contributed by atoms with E-state index in [0.29, 0.717) is 19.3 Å². The van der Waals surface area contributed by atoms with Crippen LogP contribution in [0.1, 0.15) is 19.8 Å². The van der Waals surface area contributed by atoms with Crippen LogP contribution < -0.4 is 10.1 Å². The Bertz CT molecular complexity index is 433. The predicted molar refractivity (Wildman–Crippen MR) is 75.0 cm³/mol. The largest absolute Gasteiger partial charge is 0.491 e. The highest BCUT2D eigenvalue weighted by atomic mass is 16.5. The van der Waals surface area contributed by atoms with Gasteiger partial charge in [-0.3, -0.25) is 10.1 Å². The summed E-state index contributed by atoms with van der Waals surface area (Å²) in [5.41, 5.74) is -1.02. The van der Waals surface area contributed by atoms with Crippen LogP contribution in [0, 0.1) is 0 Å². The molecule has 0 bridgehead atoms. The molecule has 20 heavy (non-hydrogen) atoms. The Hall–Kier alpha value is -1.59. The molecule has 1 aromatic carbocycles. The van der Waals surface area contributed by atoms with Gasteiger partial charge in [-0.05, 0) is 31.9 Å². The van der Waals surface area contributed by atoms with Crippen molar-refractivity contribution >= 4 is 5.97 Å². The van der Waals surface area contributed by atoms with Crippen molar-refractivity contribution in [2.45, 2.75) is 31.3 Å². The first-order chi connectivity index (χ1) is 9.60. The number of benzene rings is 1. The van der Waals surface area contributed by atoms with Crippen molar-refractivity contribution in [3.05, 3.63) is 30.3 Å². The van der Waals surface area contributed by atoms with Crippen molar-refractivity contribution in [3.8, 4) is 5.75 Å². The second-order valence-corrected chi connectivity index (χ2v) is 5.27. The van der Waals surface area contributed by atoms with Gasteiger partial charge >= 0.3 is 5.97 Å². The third-order valence-corrected chi connectivity index (χ3v) is 3.20. The van der Waals surface area contributed by atoms with E-state index in [0.717, 1.165) is 18.6 Å². The van der Waals surface area contributed by atoms with Crippen LogP contribution in [0.25, 0.3) is 0 Å². The summed E-state index contributed by atoms with van der Waals surface area (Å²) in [6, 6.07) is 9.78. The Morgan fingerprint density at radius 1 is 1.35 bits per heavy atom. The molecule has 1 atom stereocenters. The van der Waals surface area contributed by atoms with E-state index in [9.17, 15) is 9.90 Å². The second-order valence-electron chi connectivity index (χ2n) is 5.27. The molecule has 0 heterocycles. The van der Waals surface area contributed by atoms with E-state index < -0.39 is 11.5 Å². The standard InChI is InChI=1S/C15H21NO4/c1-15(14(17)18,16-12-7-8-12)11-19-9-10-20-13-5-3-2-4-6-13/h2-6,12,16H,7-11H2,1H3,(H,17,18). The first kappa shape index (κ1) is 14.8. The van der Waals surface area contributed by atoms with Gasteiger partial charge < -0.3 is 14.6 Å². The van der Waals surface area contributed by atoms with Crippen molar-refractivity contribution in [2.24, 2.45) is 0 Å². The number of para-hydroxylation sites is 1. The summed E-state index contributed by atoms with van der Waals surface area (Å²) in [4.78, 5) is 11.3. The van der Waals surface area contributed by atoms with Crippen LogP contribution in [0.15, 0.2) is 30.3 Å². The number of nitrogens with one attached hydrogen (secondary N) is 1. The smallest absolute Gasteiger partial charge is 0.326 e. The third kappa shape index (κ3) is 4.51. The van der Waals surface area contributed by atoms with E-state index in [-0.39, 0.29) is 6.61 Å². The lowest BCUT2D eigenvalue weighted by Gasteiger charge is -2.26. The monoisotopic (exact) mass is 279 g/mol. The molecule has 0 spiro atoms. The Kier molecular flexibility index (Phi) is 4.98. The van der Waals surface area contributed by atoms with Crippen molar-refractivity contribution in [1.82, 2.24) is 5.32 Å². The molecule has 5 heteroatoms. The number of rotatable bonds is 9. The maximum Gasteiger partial charge on any atom is 0.326 e. The van der Waals surface area contributed by atoms with Gasteiger partial charge in [0.2, 0.25) is 0 Å². The van der Waals surface area contributed by atoms with Gasteiger partial charge in [0.25, 0.3) is 0 Å². The maximum atomic E-state index is 11.3. The van der Waals surface area contributed by atoms with Gasteiger partial charge in [0.15, 0.2) is 0 Å². The molecule has 110 valence electrons. The minimum atomic E-state index is -1.02. The molecule has 1 fully saturated rings. The maximum absolute atomic E-state index is 11.3. The lowest BCUT2D eigenvalue weighted by molar-refractivity contribution is -0.147.